The summed E-state index contributed by atoms with van der Waals surface area (Å²) in [5.74, 6) is -0.282. The van der Waals surface area contributed by atoms with Gasteiger partial charge in [0.2, 0.25) is 5.13 Å². The smallest absolute Gasteiger partial charge is 0.263 e. The molecule has 27 heavy (non-hydrogen) atoms. The molecule has 0 aliphatic rings. The first-order valence-electron chi connectivity index (χ1n) is 7.89. The summed E-state index contributed by atoms with van der Waals surface area (Å²) in [5, 5.41) is 11.7. The van der Waals surface area contributed by atoms with Crippen LogP contribution in [0.3, 0.4) is 0 Å². The highest BCUT2D eigenvalue weighted by Gasteiger charge is 2.16. The van der Waals surface area contributed by atoms with Crippen molar-refractivity contribution < 1.29 is 13.2 Å². The van der Waals surface area contributed by atoms with Gasteiger partial charge in [-0.1, -0.05) is 53.3 Å². The van der Waals surface area contributed by atoms with E-state index in [0.717, 1.165) is 11.3 Å². The summed E-state index contributed by atoms with van der Waals surface area (Å²) in [5.41, 5.74) is 0.396. The predicted molar refractivity (Wildman–Crippen MR) is 105 cm³/mol. The number of hydrogen-bond donors (Lipinski definition) is 2. The number of nitrogens with one attached hydrogen (secondary N) is 2. The molecule has 2 aromatic carbocycles. The molecule has 0 aliphatic heterocycles. The van der Waals surface area contributed by atoms with Crippen molar-refractivity contribution in [3.05, 3.63) is 70.2 Å². The van der Waals surface area contributed by atoms with Crippen LogP contribution >= 0.6 is 22.9 Å². The molecule has 1 amide bonds. The molecule has 0 saturated heterocycles. The van der Waals surface area contributed by atoms with Gasteiger partial charge >= 0.3 is 0 Å². The van der Waals surface area contributed by atoms with E-state index in [0.29, 0.717) is 28.6 Å². The second-order valence-electron chi connectivity index (χ2n) is 5.41. The lowest BCUT2D eigenvalue weighted by molar-refractivity contribution is 0.0954. The van der Waals surface area contributed by atoms with Gasteiger partial charge in [-0.15, -0.1) is 10.2 Å². The minimum absolute atomic E-state index is 0.147. The quantitative estimate of drug-likeness (QED) is 0.609. The number of nitrogens with zero attached hydrogens (tertiary/aromatic N) is 2. The third-order valence-electron chi connectivity index (χ3n) is 3.48. The van der Waals surface area contributed by atoms with Gasteiger partial charge in [0.05, 0.1) is 15.5 Å². The third-order valence-corrected chi connectivity index (χ3v) is 6.20. The van der Waals surface area contributed by atoms with Crippen molar-refractivity contribution in [2.24, 2.45) is 0 Å². The van der Waals surface area contributed by atoms with Crippen LogP contribution in [0.1, 0.15) is 15.4 Å². The highest BCUT2D eigenvalue weighted by atomic mass is 35.5. The summed E-state index contributed by atoms with van der Waals surface area (Å²) in [7, 11) is -3.70. The van der Waals surface area contributed by atoms with Crippen molar-refractivity contribution in [2.45, 2.75) is 11.3 Å². The minimum Gasteiger partial charge on any atom is -0.352 e. The van der Waals surface area contributed by atoms with Gasteiger partial charge in [-0.3, -0.25) is 9.52 Å². The van der Waals surface area contributed by atoms with Crippen molar-refractivity contribution in [1.82, 2.24) is 15.5 Å². The van der Waals surface area contributed by atoms with Crippen molar-refractivity contribution >= 4 is 44.0 Å². The van der Waals surface area contributed by atoms with Gasteiger partial charge in [0.1, 0.15) is 5.01 Å². The number of carbonyl (C=O) groups is 1. The fourth-order valence-electron chi connectivity index (χ4n) is 2.19. The number of amides is 1. The van der Waals surface area contributed by atoms with Crippen molar-refractivity contribution in [1.29, 1.82) is 0 Å². The lowest BCUT2D eigenvalue weighted by Crippen LogP contribution is -2.25. The second-order valence-corrected chi connectivity index (χ2v) is 8.56. The first kappa shape index (κ1) is 19.3. The van der Waals surface area contributed by atoms with Gasteiger partial charge < -0.3 is 5.32 Å². The predicted octanol–water partition coefficient (Wildman–Crippen LogP) is 2.96. The Balaban J connectivity index is 1.56. The molecule has 1 heterocycles. The monoisotopic (exact) mass is 422 g/mol. The molecule has 2 N–H and O–H groups in total. The van der Waals surface area contributed by atoms with Crippen LogP contribution in [0.2, 0.25) is 5.02 Å². The first-order chi connectivity index (χ1) is 13.0. The molecule has 3 aromatic rings. The van der Waals surface area contributed by atoms with Crippen LogP contribution in [-0.4, -0.2) is 31.1 Å². The Labute approximate surface area is 165 Å². The molecule has 0 saturated carbocycles. The number of anilines is 1. The SMILES string of the molecule is O=C(NCCc1nnc(NS(=O)(=O)c2ccccc2)s1)c1ccccc1Cl. The van der Waals surface area contributed by atoms with Gasteiger partial charge in [0.15, 0.2) is 0 Å². The first-order valence-corrected chi connectivity index (χ1v) is 10.6. The van der Waals surface area contributed by atoms with E-state index in [9.17, 15) is 13.2 Å². The number of hydrogen-bond acceptors (Lipinski definition) is 6. The molecule has 0 atom stereocenters. The number of carbonyl (C=O) groups excluding carboxylic acids is 1. The maximum atomic E-state index is 12.3. The molecule has 7 nitrogen and oxygen atoms in total. The number of benzene rings is 2. The highest BCUT2D eigenvalue weighted by molar-refractivity contribution is 7.93. The maximum absolute atomic E-state index is 12.3. The molecular formula is C17H15ClN4O3S2. The molecule has 0 unspecified atom stereocenters. The Hall–Kier alpha value is -2.49. The summed E-state index contributed by atoms with van der Waals surface area (Å²) in [6.07, 6.45) is 0.418. The summed E-state index contributed by atoms with van der Waals surface area (Å²) in [6.45, 7) is 0.324. The molecular weight excluding hydrogens is 408 g/mol. The second kappa shape index (κ2) is 8.47. The van der Waals surface area contributed by atoms with Crippen LogP contribution in [-0.2, 0) is 16.4 Å². The highest BCUT2D eigenvalue weighted by Crippen LogP contribution is 2.20. The standard InChI is InChI=1S/C17H15ClN4O3S2/c18-14-9-5-4-8-13(14)16(23)19-11-10-15-20-21-17(26-15)22-27(24,25)12-6-2-1-3-7-12/h1-9H,10-11H2,(H,19,23)(H,21,22). The molecule has 140 valence electrons. The van der Waals surface area contributed by atoms with Gasteiger partial charge in [-0.25, -0.2) is 8.42 Å². The van der Waals surface area contributed by atoms with Crippen LogP contribution in [0.4, 0.5) is 5.13 Å². The van der Waals surface area contributed by atoms with Crippen molar-refractivity contribution in [2.75, 3.05) is 11.3 Å². The van der Waals surface area contributed by atoms with Gasteiger partial charge in [0, 0.05) is 13.0 Å². The Kier molecular flexibility index (Phi) is 6.04. The molecule has 0 spiro atoms. The van der Waals surface area contributed by atoms with Crippen molar-refractivity contribution in [3.63, 3.8) is 0 Å². The zero-order valence-electron chi connectivity index (χ0n) is 13.9. The Bertz CT molecular complexity index is 1040. The zero-order valence-corrected chi connectivity index (χ0v) is 16.3. The normalized spacial score (nSPS) is 11.1. The van der Waals surface area contributed by atoms with E-state index in [2.05, 4.69) is 20.2 Å². The summed E-state index contributed by atoms with van der Waals surface area (Å²) >= 11 is 7.10. The summed E-state index contributed by atoms with van der Waals surface area (Å²) in [4.78, 5) is 12.2. The maximum Gasteiger partial charge on any atom is 0.263 e. The Morgan fingerprint density at radius 3 is 2.48 bits per heavy atom. The number of aromatic nitrogens is 2. The fourth-order valence-corrected chi connectivity index (χ4v) is 4.40. The molecule has 0 aliphatic carbocycles. The topological polar surface area (TPSA) is 101 Å². The lowest BCUT2D eigenvalue weighted by Gasteiger charge is -2.05. The molecule has 3 rings (SSSR count). The zero-order chi connectivity index (χ0) is 19.3. The summed E-state index contributed by atoms with van der Waals surface area (Å²) < 4.78 is 26.9. The lowest BCUT2D eigenvalue weighted by atomic mass is 10.2. The van der Waals surface area contributed by atoms with E-state index in [-0.39, 0.29) is 15.9 Å². The molecule has 0 radical (unpaired) electrons. The van der Waals surface area contributed by atoms with E-state index < -0.39 is 10.0 Å². The van der Waals surface area contributed by atoms with Crippen LogP contribution in [0.5, 0.6) is 0 Å². The van der Waals surface area contributed by atoms with Crippen molar-refractivity contribution in [3.8, 4) is 0 Å². The number of halogens is 1. The van der Waals surface area contributed by atoms with Crippen LogP contribution in [0.15, 0.2) is 59.5 Å². The average Bonchev–Trinajstić information content (AvgIpc) is 3.09. The summed E-state index contributed by atoms with van der Waals surface area (Å²) in [6, 6.07) is 14.8. The van der Waals surface area contributed by atoms with E-state index in [1.165, 1.54) is 12.1 Å². The van der Waals surface area contributed by atoms with E-state index in [1.54, 1.807) is 42.5 Å². The van der Waals surface area contributed by atoms with Gasteiger partial charge in [-0.2, -0.15) is 0 Å². The van der Waals surface area contributed by atoms with Gasteiger partial charge in [-0.05, 0) is 24.3 Å². The van der Waals surface area contributed by atoms with Crippen LogP contribution < -0.4 is 10.0 Å². The van der Waals surface area contributed by atoms with E-state index in [4.69, 9.17) is 11.6 Å². The van der Waals surface area contributed by atoms with Crippen LogP contribution in [0, 0.1) is 0 Å². The average molecular weight is 423 g/mol. The fraction of sp³-hybridized carbons (Fsp3) is 0.118. The number of sulfonamides is 1. The number of rotatable bonds is 7. The minimum atomic E-state index is -3.70. The molecule has 0 fully saturated rings. The molecule has 1 aromatic heterocycles. The molecule has 10 heteroatoms. The third kappa shape index (κ3) is 5.03. The largest absolute Gasteiger partial charge is 0.352 e. The van der Waals surface area contributed by atoms with Gasteiger partial charge in [0.25, 0.3) is 15.9 Å². The van der Waals surface area contributed by atoms with Crippen LogP contribution in [0.25, 0.3) is 0 Å². The van der Waals surface area contributed by atoms with E-state index in [1.807, 2.05) is 0 Å². The molecule has 0 bridgehead atoms. The Morgan fingerprint density at radius 2 is 1.74 bits per heavy atom. The Morgan fingerprint density at radius 1 is 1.04 bits per heavy atom. The van der Waals surface area contributed by atoms with E-state index >= 15 is 0 Å².